The van der Waals surface area contributed by atoms with Crippen molar-refractivity contribution in [2.24, 2.45) is 5.14 Å². The van der Waals surface area contributed by atoms with Crippen LogP contribution in [0.4, 0.5) is 18.9 Å². The van der Waals surface area contributed by atoms with E-state index in [0.717, 1.165) is 12.1 Å². The quantitative estimate of drug-likeness (QED) is 0.402. The third kappa shape index (κ3) is 6.02. The average molecular weight is 504 g/mol. The molecule has 35 heavy (non-hydrogen) atoms. The van der Waals surface area contributed by atoms with Gasteiger partial charge in [0.05, 0.1) is 15.9 Å². The Labute approximate surface area is 196 Å². The van der Waals surface area contributed by atoms with E-state index >= 15 is 0 Å². The summed E-state index contributed by atoms with van der Waals surface area (Å²) in [5.41, 5.74) is 0.640. The lowest BCUT2D eigenvalue weighted by Gasteiger charge is -2.12. The van der Waals surface area contributed by atoms with Gasteiger partial charge in [-0.15, -0.1) is 13.2 Å². The Bertz CT molecular complexity index is 1510. The number of ether oxygens (including phenoxy) is 2. The number of aromatic nitrogens is 2. The second-order valence-electron chi connectivity index (χ2n) is 7.01. The van der Waals surface area contributed by atoms with Crippen LogP contribution in [-0.2, 0) is 10.0 Å². The molecule has 1 aromatic heterocycles. The van der Waals surface area contributed by atoms with Gasteiger partial charge in [-0.05, 0) is 54.6 Å². The summed E-state index contributed by atoms with van der Waals surface area (Å²) in [5.74, 6) is -1.40. The molecule has 4 aromatic rings. The van der Waals surface area contributed by atoms with Crippen molar-refractivity contribution in [2.75, 3.05) is 5.32 Å². The molecule has 0 aliphatic rings. The van der Waals surface area contributed by atoms with E-state index in [4.69, 9.17) is 9.88 Å². The summed E-state index contributed by atoms with van der Waals surface area (Å²) >= 11 is 0. The summed E-state index contributed by atoms with van der Waals surface area (Å²) in [7, 11) is -4.00. The molecule has 0 unspecified atom stereocenters. The van der Waals surface area contributed by atoms with E-state index < -0.39 is 28.0 Å². The lowest BCUT2D eigenvalue weighted by Crippen LogP contribution is -2.17. The summed E-state index contributed by atoms with van der Waals surface area (Å²) in [6.45, 7) is 0. The van der Waals surface area contributed by atoms with Crippen LogP contribution in [-0.4, -0.2) is 30.7 Å². The van der Waals surface area contributed by atoms with Crippen LogP contribution in [0, 0.1) is 0 Å². The van der Waals surface area contributed by atoms with Crippen LogP contribution in [0.15, 0.2) is 77.7 Å². The molecular weight excluding hydrogens is 489 g/mol. The number of para-hydroxylation sites is 2. The van der Waals surface area contributed by atoms with E-state index in [1.165, 1.54) is 36.4 Å². The van der Waals surface area contributed by atoms with Crippen LogP contribution >= 0.6 is 0 Å². The minimum atomic E-state index is -4.85. The SMILES string of the molecule is NS(=O)(=O)c1cccc(NC(=O)c2nc3ccccc3nc2Oc2ccc(OC(F)(F)F)cc2)c1. The van der Waals surface area contributed by atoms with E-state index in [9.17, 15) is 26.4 Å². The Morgan fingerprint density at radius 1 is 0.886 bits per heavy atom. The third-order valence-corrected chi connectivity index (χ3v) is 5.36. The van der Waals surface area contributed by atoms with Crippen LogP contribution in [0.25, 0.3) is 11.0 Å². The zero-order chi connectivity index (χ0) is 25.2. The number of benzene rings is 3. The molecule has 180 valence electrons. The lowest BCUT2D eigenvalue weighted by atomic mass is 10.2. The van der Waals surface area contributed by atoms with Gasteiger partial charge in [0, 0.05) is 5.69 Å². The van der Waals surface area contributed by atoms with Crippen molar-refractivity contribution in [2.45, 2.75) is 11.3 Å². The number of nitrogens with one attached hydrogen (secondary N) is 1. The number of nitrogens with zero attached hydrogens (tertiary/aromatic N) is 2. The fourth-order valence-electron chi connectivity index (χ4n) is 2.97. The number of nitrogens with two attached hydrogens (primary N) is 1. The van der Waals surface area contributed by atoms with Gasteiger partial charge >= 0.3 is 6.36 Å². The largest absolute Gasteiger partial charge is 0.573 e. The average Bonchev–Trinajstić information content (AvgIpc) is 2.78. The summed E-state index contributed by atoms with van der Waals surface area (Å²) in [6.07, 6.45) is -4.85. The molecule has 0 atom stereocenters. The number of carbonyl (C=O) groups is 1. The van der Waals surface area contributed by atoms with Gasteiger partial charge in [-0.1, -0.05) is 18.2 Å². The molecule has 0 aliphatic carbocycles. The molecule has 3 N–H and O–H groups in total. The smallest absolute Gasteiger partial charge is 0.437 e. The molecular formula is C22H15F3N4O5S. The van der Waals surface area contributed by atoms with Crippen LogP contribution in [0.1, 0.15) is 10.5 Å². The van der Waals surface area contributed by atoms with Crippen LogP contribution < -0.4 is 19.9 Å². The van der Waals surface area contributed by atoms with Gasteiger partial charge in [-0.2, -0.15) is 0 Å². The number of halogens is 3. The fourth-order valence-corrected chi connectivity index (χ4v) is 3.52. The van der Waals surface area contributed by atoms with Gasteiger partial charge in [-0.25, -0.2) is 23.5 Å². The molecule has 3 aromatic carbocycles. The Balaban J connectivity index is 1.66. The standard InChI is InChI=1S/C22H15F3N4O5S/c23-22(24,25)34-15-10-8-14(9-11-15)33-21-19(28-17-6-1-2-7-18(17)29-21)20(30)27-13-4-3-5-16(12-13)35(26,31)32/h1-12H,(H,27,30)(H2,26,31,32). The maximum Gasteiger partial charge on any atom is 0.573 e. The predicted octanol–water partition coefficient (Wildman–Crippen LogP) is 4.22. The van der Waals surface area contributed by atoms with Gasteiger partial charge in [0.15, 0.2) is 5.69 Å². The molecule has 0 radical (unpaired) electrons. The monoisotopic (exact) mass is 504 g/mol. The Morgan fingerprint density at radius 2 is 1.51 bits per heavy atom. The van der Waals surface area contributed by atoms with Gasteiger partial charge in [-0.3, -0.25) is 4.79 Å². The number of fused-ring (bicyclic) bond motifs is 1. The van der Waals surface area contributed by atoms with Gasteiger partial charge < -0.3 is 14.8 Å². The lowest BCUT2D eigenvalue weighted by molar-refractivity contribution is -0.274. The molecule has 0 spiro atoms. The molecule has 0 saturated heterocycles. The van der Waals surface area contributed by atoms with Crippen molar-refractivity contribution in [1.29, 1.82) is 0 Å². The maximum atomic E-state index is 13.0. The number of alkyl halides is 3. The highest BCUT2D eigenvalue weighted by molar-refractivity contribution is 7.89. The summed E-state index contributed by atoms with van der Waals surface area (Å²) in [4.78, 5) is 21.4. The second-order valence-corrected chi connectivity index (χ2v) is 8.58. The first kappa shape index (κ1) is 23.9. The first-order valence-corrected chi connectivity index (χ1v) is 11.3. The van der Waals surface area contributed by atoms with Crippen molar-refractivity contribution < 1.29 is 35.9 Å². The normalized spacial score (nSPS) is 11.8. The Hall–Kier alpha value is -4.23. The number of hydrogen-bond donors (Lipinski definition) is 2. The highest BCUT2D eigenvalue weighted by Gasteiger charge is 2.31. The fraction of sp³-hybridized carbons (Fsp3) is 0.0455. The number of carbonyl (C=O) groups excluding carboxylic acids is 1. The minimum absolute atomic E-state index is 0.0642. The van der Waals surface area contributed by atoms with Crippen LogP contribution in [0.2, 0.25) is 0 Å². The summed E-state index contributed by atoms with van der Waals surface area (Å²) < 4.78 is 69.8. The molecule has 1 heterocycles. The zero-order valence-corrected chi connectivity index (χ0v) is 18.3. The Morgan fingerprint density at radius 3 is 2.14 bits per heavy atom. The second kappa shape index (κ2) is 9.19. The molecule has 0 fully saturated rings. The molecule has 9 nitrogen and oxygen atoms in total. The summed E-state index contributed by atoms with van der Waals surface area (Å²) in [6, 6.07) is 16.4. The number of primary sulfonamides is 1. The van der Waals surface area contributed by atoms with Gasteiger partial charge in [0.2, 0.25) is 10.0 Å². The van der Waals surface area contributed by atoms with Crippen molar-refractivity contribution in [3.05, 3.63) is 78.5 Å². The van der Waals surface area contributed by atoms with E-state index in [1.807, 2.05) is 0 Å². The number of hydrogen-bond acceptors (Lipinski definition) is 7. The zero-order valence-electron chi connectivity index (χ0n) is 17.5. The topological polar surface area (TPSA) is 134 Å². The number of amides is 1. The van der Waals surface area contributed by atoms with E-state index in [-0.39, 0.29) is 27.9 Å². The number of anilines is 1. The van der Waals surface area contributed by atoms with Crippen molar-refractivity contribution in [1.82, 2.24) is 9.97 Å². The Kier molecular flexibility index (Phi) is 6.28. The molecule has 4 rings (SSSR count). The van der Waals surface area contributed by atoms with Crippen LogP contribution in [0.5, 0.6) is 17.4 Å². The van der Waals surface area contributed by atoms with Crippen molar-refractivity contribution >= 4 is 32.7 Å². The predicted molar refractivity (Wildman–Crippen MR) is 119 cm³/mol. The molecule has 13 heteroatoms. The first-order valence-electron chi connectivity index (χ1n) is 9.73. The molecule has 0 bridgehead atoms. The van der Waals surface area contributed by atoms with Gasteiger partial charge in [0.25, 0.3) is 11.8 Å². The third-order valence-electron chi connectivity index (χ3n) is 4.45. The first-order chi connectivity index (χ1) is 16.5. The molecule has 0 saturated carbocycles. The van der Waals surface area contributed by atoms with E-state index in [2.05, 4.69) is 20.0 Å². The molecule has 1 amide bonds. The van der Waals surface area contributed by atoms with Crippen LogP contribution in [0.3, 0.4) is 0 Å². The molecule has 0 aliphatic heterocycles. The van der Waals surface area contributed by atoms with E-state index in [1.54, 1.807) is 24.3 Å². The number of rotatable bonds is 6. The van der Waals surface area contributed by atoms with Crippen molar-refractivity contribution in [3.63, 3.8) is 0 Å². The highest BCUT2D eigenvalue weighted by atomic mass is 32.2. The number of sulfonamides is 1. The minimum Gasteiger partial charge on any atom is -0.437 e. The maximum absolute atomic E-state index is 13.0. The summed E-state index contributed by atoms with van der Waals surface area (Å²) in [5, 5.41) is 7.64. The van der Waals surface area contributed by atoms with Crippen molar-refractivity contribution in [3.8, 4) is 17.4 Å². The van der Waals surface area contributed by atoms with Gasteiger partial charge in [0.1, 0.15) is 11.5 Å². The van der Waals surface area contributed by atoms with E-state index in [0.29, 0.717) is 11.0 Å². The highest BCUT2D eigenvalue weighted by Crippen LogP contribution is 2.29.